The second kappa shape index (κ2) is 5.82. The monoisotopic (exact) mass is 290 g/mol. The molecule has 2 rings (SSSR count). The summed E-state index contributed by atoms with van der Waals surface area (Å²) in [5, 5.41) is 3.44. The third kappa shape index (κ3) is 3.86. The summed E-state index contributed by atoms with van der Waals surface area (Å²) in [5.41, 5.74) is 2.39. The molecule has 0 aliphatic heterocycles. The fourth-order valence-corrected chi connectivity index (χ4v) is 2.16. The second-order valence-corrected chi connectivity index (χ2v) is 5.04. The van der Waals surface area contributed by atoms with E-state index in [4.69, 9.17) is 0 Å². The van der Waals surface area contributed by atoms with E-state index < -0.39 is 0 Å². The van der Waals surface area contributed by atoms with E-state index in [9.17, 15) is 0 Å². The van der Waals surface area contributed by atoms with E-state index in [2.05, 4.69) is 57.4 Å². The fourth-order valence-electron chi connectivity index (χ4n) is 1.79. The Labute approximate surface area is 110 Å². The van der Waals surface area contributed by atoms with E-state index in [1.54, 1.807) is 6.20 Å². The van der Waals surface area contributed by atoms with Crippen LogP contribution in [0.1, 0.15) is 12.5 Å². The molecule has 0 amide bonds. The lowest BCUT2D eigenvalue weighted by Crippen LogP contribution is -2.18. The van der Waals surface area contributed by atoms with Crippen molar-refractivity contribution in [2.24, 2.45) is 0 Å². The van der Waals surface area contributed by atoms with Gasteiger partial charge in [0.25, 0.3) is 0 Å². The molecule has 1 atom stereocenters. The average molecular weight is 291 g/mol. The molecule has 2 nitrogen and oxygen atoms in total. The molecule has 0 saturated heterocycles. The van der Waals surface area contributed by atoms with Crippen molar-refractivity contribution < 1.29 is 0 Å². The van der Waals surface area contributed by atoms with Crippen LogP contribution in [0.4, 0.5) is 5.69 Å². The van der Waals surface area contributed by atoms with E-state index in [0.717, 1.165) is 16.6 Å². The van der Waals surface area contributed by atoms with Crippen molar-refractivity contribution in [3.05, 3.63) is 58.8 Å². The molecule has 1 unspecified atom stereocenters. The van der Waals surface area contributed by atoms with Crippen LogP contribution in [0.15, 0.2) is 53.3 Å². The molecule has 0 saturated carbocycles. The summed E-state index contributed by atoms with van der Waals surface area (Å²) in [5.74, 6) is 0. The minimum absolute atomic E-state index is 0.383. The van der Waals surface area contributed by atoms with Gasteiger partial charge in [0.15, 0.2) is 0 Å². The Hall–Kier alpha value is -1.35. The molecule has 1 N–H and O–H groups in total. The Kier molecular flexibility index (Phi) is 4.15. The van der Waals surface area contributed by atoms with E-state index in [1.807, 2.05) is 18.3 Å². The van der Waals surface area contributed by atoms with Gasteiger partial charge in [-0.2, -0.15) is 0 Å². The van der Waals surface area contributed by atoms with Crippen LogP contribution in [0.25, 0.3) is 0 Å². The van der Waals surface area contributed by atoms with Gasteiger partial charge in [-0.3, -0.25) is 4.98 Å². The normalized spacial score (nSPS) is 12.1. The molecule has 3 heteroatoms. The lowest BCUT2D eigenvalue weighted by molar-refractivity contribution is 0.789. The molecule has 1 aromatic carbocycles. The number of nitrogens with zero attached hydrogens (tertiary/aromatic N) is 1. The molecule has 0 aliphatic carbocycles. The molecule has 0 radical (unpaired) electrons. The van der Waals surface area contributed by atoms with Crippen molar-refractivity contribution in [1.82, 2.24) is 4.98 Å². The molecule has 88 valence electrons. The van der Waals surface area contributed by atoms with Gasteiger partial charge >= 0.3 is 0 Å². The Morgan fingerprint density at radius 3 is 2.71 bits per heavy atom. The highest BCUT2D eigenvalue weighted by molar-refractivity contribution is 9.10. The van der Waals surface area contributed by atoms with E-state index in [-0.39, 0.29) is 0 Å². The summed E-state index contributed by atoms with van der Waals surface area (Å²) in [6.45, 7) is 2.17. The van der Waals surface area contributed by atoms with Crippen molar-refractivity contribution in [3.8, 4) is 0 Å². The first-order chi connectivity index (χ1) is 8.24. The fraction of sp³-hybridized carbons (Fsp3) is 0.214. The Balaban J connectivity index is 1.96. The van der Waals surface area contributed by atoms with Gasteiger partial charge in [-0.05, 0) is 40.9 Å². The lowest BCUT2D eigenvalue weighted by Gasteiger charge is -2.15. The van der Waals surface area contributed by atoms with Gasteiger partial charge in [0.05, 0.1) is 11.9 Å². The van der Waals surface area contributed by atoms with Crippen LogP contribution >= 0.6 is 15.9 Å². The zero-order valence-electron chi connectivity index (χ0n) is 9.73. The zero-order valence-corrected chi connectivity index (χ0v) is 11.3. The number of halogens is 1. The van der Waals surface area contributed by atoms with Crippen LogP contribution in [0, 0.1) is 0 Å². The summed E-state index contributed by atoms with van der Waals surface area (Å²) in [6.07, 6.45) is 4.63. The summed E-state index contributed by atoms with van der Waals surface area (Å²) in [7, 11) is 0. The standard InChI is InChI=1S/C14H15BrN2/c1-11(7-12-5-3-2-4-6-12)17-14-8-13(15)9-16-10-14/h2-6,8-11,17H,7H2,1H3. The molecular weight excluding hydrogens is 276 g/mol. The van der Waals surface area contributed by atoms with Gasteiger partial charge in [0, 0.05) is 16.7 Å². The maximum absolute atomic E-state index is 4.13. The molecule has 17 heavy (non-hydrogen) atoms. The number of nitrogens with one attached hydrogen (secondary N) is 1. The quantitative estimate of drug-likeness (QED) is 0.924. The number of anilines is 1. The SMILES string of the molecule is CC(Cc1ccccc1)Nc1cncc(Br)c1. The predicted molar refractivity (Wildman–Crippen MR) is 75.2 cm³/mol. The van der Waals surface area contributed by atoms with Crippen molar-refractivity contribution >= 4 is 21.6 Å². The summed E-state index contributed by atoms with van der Waals surface area (Å²) in [4.78, 5) is 4.13. The molecule has 0 aliphatic rings. The first kappa shape index (κ1) is 12.1. The predicted octanol–water partition coefficient (Wildman–Crippen LogP) is 3.89. The molecule has 1 heterocycles. The average Bonchev–Trinajstić information content (AvgIpc) is 2.30. The van der Waals surface area contributed by atoms with Gasteiger partial charge in [-0.25, -0.2) is 0 Å². The number of hydrogen-bond acceptors (Lipinski definition) is 2. The Morgan fingerprint density at radius 1 is 1.24 bits per heavy atom. The second-order valence-electron chi connectivity index (χ2n) is 4.13. The Morgan fingerprint density at radius 2 is 2.00 bits per heavy atom. The van der Waals surface area contributed by atoms with Crippen LogP contribution in [0.3, 0.4) is 0 Å². The van der Waals surface area contributed by atoms with Gasteiger partial charge in [-0.15, -0.1) is 0 Å². The topological polar surface area (TPSA) is 24.9 Å². The molecule has 0 bridgehead atoms. The van der Waals surface area contributed by atoms with Crippen molar-refractivity contribution in [2.45, 2.75) is 19.4 Å². The van der Waals surface area contributed by atoms with Gasteiger partial charge in [-0.1, -0.05) is 30.3 Å². The Bertz CT molecular complexity index is 471. The van der Waals surface area contributed by atoms with Gasteiger partial charge in [0.1, 0.15) is 0 Å². The minimum Gasteiger partial charge on any atom is -0.381 e. The van der Waals surface area contributed by atoms with Gasteiger partial charge in [0.2, 0.25) is 0 Å². The first-order valence-corrected chi connectivity index (χ1v) is 6.44. The first-order valence-electron chi connectivity index (χ1n) is 5.65. The van der Waals surface area contributed by atoms with E-state index >= 15 is 0 Å². The zero-order chi connectivity index (χ0) is 12.1. The minimum atomic E-state index is 0.383. The van der Waals surface area contributed by atoms with Crippen LogP contribution in [-0.4, -0.2) is 11.0 Å². The molecule has 0 spiro atoms. The highest BCUT2D eigenvalue weighted by Gasteiger charge is 2.03. The molecule has 0 fully saturated rings. The van der Waals surface area contributed by atoms with Crippen LogP contribution in [-0.2, 0) is 6.42 Å². The number of hydrogen-bond donors (Lipinski definition) is 1. The number of rotatable bonds is 4. The maximum atomic E-state index is 4.13. The van der Waals surface area contributed by atoms with Crippen molar-refractivity contribution in [3.63, 3.8) is 0 Å². The summed E-state index contributed by atoms with van der Waals surface area (Å²) < 4.78 is 0.995. The largest absolute Gasteiger partial charge is 0.381 e. The van der Waals surface area contributed by atoms with E-state index in [0.29, 0.717) is 6.04 Å². The maximum Gasteiger partial charge on any atom is 0.0540 e. The van der Waals surface area contributed by atoms with Crippen molar-refractivity contribution in [1.29, 1.82) is 0 Å². The lowest BCUT2D eigenvalue weighted by atomic mass is 10.1. The number of benzene rings is 1. The third-order valence-electron chi connectivity index (χ3n) is 2.50. The number of pyridine rings is 1. The highest BCUT2D eigenvalue weighted by atomic mass is 79.9. The highest BCUT2D eigenvalue weighted by Crippen LogP contribution is 2.15. The van der Waals surface area contributed by atoms with Crippen molar-refractivity contribution in [2.75, 3.05) is 5.32 Å². The van der Waals surface area contributed by atoms with Crippen LogP contribution < -0.4 is 5.32 Å². The van der Waals surface area contributed by atoms with E-state index in [1.165, 1.54) is 5.56 Å². The summed E-state index contributed by atoms with van der Waals surface area (Å²) >= 11 is 3.42. The third-order valence-corrected chi connectivity index (χ3v) is 2.94. The van der Waals surface area contributed by atoms with Crippen LogP contribution in [0.5, 0.6) is 0 Å². The summed E-state index contributed by atoms with van der Waals surface area (Å²) in [6, 6.07) is 12.9. The molecule has 2 aromatic rings. The van der Waals surface area contributed by atoms with Crippen LogP contribution in [0.2, 0.25) is 0 Å². The molecule has 1 aromatic heterocycles. The number of aromatic nitrogens is 1. The molecular formula is C14H15BrN2. The van der Waals surface area contributed by atoms with Gasteiger partial charge < -0.3 is 5.32 Å². The smallest absolute Gasteiger partial charge is 0.0540 e.